The van der Waals surface area contributed by atoms with E-state index in [1.54, 1.807) is 14.2 Å². The molecule has 0 N–H and O–H groups in total. The van der Waals surface area contributed by atoms with E-state index >= 15 is 0 Å². The molecule has 4 aromatic carbocycles. The number of hydrogen-bond acceptors (Lipinski definition) is 2. The Kier molecular flexibility index (Phi) is 6.95. The van der Waals surface area contributed by atoms with Crippen molar-refractivity contribution in [1.82, 2.24) is 0 Å². The van der Waals surface area contributed by atoms with Crippen molar-refractivity contribution in [2.75, 3.05) is 14.2 Å². The molecule has 4 aromatic rings. The summed E-state index contributed by atoms with van der Waals surface area (Å²) in [7, 11) is 3.39. The van der Waals surface area contributed by atoms with Crippen molar-refractivity contribution in [3.05, 3.63) is 131 Å². The molecule has 0 bridgehead atoms. The van der Waals surface area contributed by atoms with Gasteiger partial charge in [0.25, 0.3) is 0 Å². The average Bonchev–Trinajstić information content (AvgIpc) is 2.88. The maximum Gasteiger partial charge on any atom is 0.118 e. The maximum atomic E-state index is 5.44. The second-order valence-electron chi connectivity index (χ2n) is 8.24. The van der Waals surface area contributed by atoms with Crippen molar-refractivity contribution in [2.45, 2.75) is 19.8 Å². The van der Waals surface area contributed by atoms with Gasteiger partial charge in [-0.05, 0) is 75.2 Å². The molecule has 2 nitrogen and oxygen atoms in total. The first-order valence-electron chi connectivity index (χ1n) is 11.2. The summed E-state index contributed by atoms with van der Waals surface area (Å²) < 4.78 is 10.9. The quantitative estimate of drug-likeness (QED) is 0.279. The minimum absolute atomic E-state index is 0.385. The summed E-state index contributed by atoms with van der Waals surface area (Å²) in [6.45, 7) is 4.49. The lowest BCUT2D eigenvalue weighted by Gasteiger charge is -2.22. The van der Waals surface area contributed by atoms with Gasteiger partial charge in [-0.15, -0.1) is 0 Å². The minimum atomic E-state index is 0.385. The molecule has 0 aliphatic carbocycles. The van der Waals surface area contributed by atoms with Gasteiger partial charge in [0.05, 0.1) is 14.2 Å². The number of rotatable bonds is 7. The van der Waals surface area contributed by atoms with Crippen molar-refractivity contribution in [1.29, 1.82) is 0 Å². The van der Waals surface area contributed by atoms with E-state index in [1.165, 1.54) is 22.3 Å². The van der Waals surface area contributed by atoms with Gasteiger partial charge < -0.3 is 9.47 Å². The van der Waals surface area contributed by atoms with E-state index < -0.39 is 0 Å². The summed E-state index contributed by atoms with van der Waals surface area (Å²) in [5.74, 6) is 2.07. The first-order valence-corrected chi connectivity index (χ1v) is 11.2. The SMILES string of the molecule is COc1ccc(C(=C(c2ccc(OC)cc2)c2ccccc2C(C)C)c2cc[c]cc2)cc1. The van der Waals surface area contributed by atoms with Crippen LogP contribution < -0.4 is 9.47 Å². The number of methoxy groups -OCH3 is 2. The zero-order valence-electron chi connectivity index (χ0n) is 19.6. The lowest BCUT2D eigenvalue weighted by atomic mass is 9.82. The Morgan fingerprint density at radius 3 is 1.61 bits per heavy atom. The number of hydrogen-bond donors (Lipinski definition) is 0. The molecule has 0 saturated carbocycles. The molecule has 0 spiro atoms. The summed E-state index contributed by atoms with van der Waals surface area (Å²) >= 11 is 0. The molecule has 0 aromatic heterocycles. The van der Waals surface area contributed by atoms with Crippen LogP contribution in [-0.2, 0) is 0 Å². The van der Waals surface area contributed by atoms with Crippen LogP contribution in [-0.4, -0.2) is 14.2 Å². The Hall–Kier alpha value is -3.78. The Morgan fingerprint density at radius 2 is 1.09 bits per heavy atom. The number of benzene rings is 4. The summed E-state index contributed by atoms with van der Waals surface area (Å²) in [6, 6.07) is 36.7. The minimum Gasteiger partial charge on any atom is -0.497 e. The van der Waals surface area contributed by atoms with Crippen molar-refractivity contribution in [3.8, 4) is 11.5 Å². The molecular formula is C31H29O2. The lowest BCUT2D eigenvalue weighted by Crippen LogP contribution is -2.02. The molecule has 0 aliphatic rings. The maximum absolute atomic E-state index is 5.44. The van der Waals surface area contributed by atoms with Gasteiger partial charge in [0.2, 0.25) is 0 Å². The van der Waals surface area contributed by atoms with Crippen molar-refractivity contribution >= 4 is 11.1 Å². The van der Waals surface area contributed by atoms with Crippen LogP contribution in [0.5, 0.6) is 11.5 Å². The summed E-state index contributed by atoms with van der Waals surface area (Å²) in [5.41, 5.74) is 8.33. The second kappa shape index (κ2) is 10.2. The van der Waals surface area contributed by atoms with Gasteiger partial charge in [-0.3, -0.25) is 0 Å². The van der Waals surface area contributed by atoms with E-state index in [1.807, 2.05) is 36.4 Å². The highest BCUT2D eigenvalue weighted by molar-refractivity contribution is 6.05. The molecule has 33 heavy (non-hydrogen) atoms. The molecule has 0 amide bonds. The van der Waals surface area contributed by atoms with Gasteiger partial charge in [0.1, 0.15) is 11.5 Å². The Balaban J connectivity index is 2.10. The predicted octanol–water partition coefficient (Wildman–Crippen LogP) is 7.63. The van der Waals surface area contributed by atoms with Crippen LogP contribution in [0.3, 0.4) is 0 Å². The van der Waals surface area contributed by atoms with Gasteiger partial charge in [0.15, 0.2) is 0 Å². The van der Waals surface area contributed by atoms with E-state index in [2.05, 4.69) is 80.6 Å². The highest BCUT2D eigenvalue weighted by atomic mass is 16.5. The second-order valence-corrected chi connectivity index (χ2v) is 8.24. The molecule has 0 aliphatic heterocycles. The highest BCUT2D eigenvalue weighted by Crippen LogP contribution is 2.40. The largest absolute Gasteiger partial charge is 0.497 e. The summed E-state index contributed by atoms with van der Waals surface area (Å²) in [6.07, 6.45) is 0. The van der Waals surface area contributed by atoms with Crippen LogP contribution in [0.1, 0.15) is 47.6 Å². The molecular weight excluding hydrogens is 404 g/mol. The van der Waals surface area contributed by atoms with Crippen LogP contribution in [0.15, 0.2) is 97.1 Å². The third kappa shape index (κ3) is 4.85. The van der Waals surface area contributed by atoms with Crippen molar-refractivity contribution < 1.29 is 9.47 Å². The third-order valence-corrected chi connectivity index (χ3v) is 5.87. The van der Waals surface area contributed by atoms with E-state index in [-0.39, 0.29) is 0 Å². The summed E-state index contributed by atoms with van der Waals surface area (Å²) in [5, 5.41) is 0. The topological polar surface area (TPSA) is 18.5 Å². The molecule has 0 saturated heterocycles. The standard InChI is InChI=1S/C31H29O2/c1-22(2)28-12-8-9-13-29(28)31(25-16-20-27(33-4)21-17-25)30(23-10-6-5-7-11-23)24-14-18-26(32-3)19-15-24/h6-22H,1-4H3. The van der Waals surface area contributed by atoms with E-state index in [9.17, 15) is 0 Å². The fourth-order valence-electron chi connectivity index (χ4n) is 4.19. The highest BCUT2D eigenvalue weighted by Gasteiger charge is 2.19. The Morgan fingerprint density at radius 1 is 0.606 bits per heavy atom. The predicted molar refractivity (Wildman–Crippen MR) is 137 cm³/mol. The zero-order valence-corrected chi connectivity index (χ0v) is 19.6. The van der Waals surface area contributed by atoms with Crippen LogP contribution in [0.25, 0.3) is 11.1 Å². The third-order valence-electron chi connectivity index (χ3n) is 5.87. The fourth-order valence-corrected chi connectivity index (χ4v) is 4.19. The average molecular weight is 434 g/mol. The first kappa shape index (κ1) is 22.4. The molecule has 2 heteroatoms. The monoisotopic (exact) mass is 433 g/mol. The van der Waals surface area contributed by atoms with Crippen LogP contribution in [0.2, 0.25) is 0 Å². The number of ether oxygens (including phenoxy) is 2. The fraction of sp³-hybridized carbons (Fsp3) is 0.161. The van der Waals surface area contributed by atoms with E-state index in [0.29, 0.717) is 5.92 Å². The molecule has 4 rings (SSSR count). The van der Waals surface area contributed by atoms with E-state index in [0.717, 1.165) is 28.2 Å². The molecule has 0 fully saturated rings. The Bertz CT molecular complexity index is 1220. The van der Waals surface area contributed by atoms with Gasteiger partial charge in [-0.1, -0.05) is 86.6 Å². The van der Waals surface area contributed by atoms with Gasteiger partial charge in [-0.25, -0.2) is 0 Å². The first-order chi connectivity index (χ1) is 16.1. The molecule has 0 unspecified atom stereocenters. The van der Waals surface area contributed by atoms with Crippen molar-refractivity contribution in [3.63, 3.8) is 0 Å². The van der Waals surface area contributed by atoms with Gasteiger partial charge in [0, 0.05) is 0 Å². The Labute approximate surface area is 197 Å². The molecule has 0 heterocycles. The molecule has 165 valence electrons. The van der Waals surface area contributed by atoms with Crippen LogP contribution >= 0.6 is 0 Å². The normalized spacial score (nSPS) is 11.8. The zero-order chi connectivity index (χ0) is 23.2. The van der Waals surface area contributed by atoms with Gasteiger partial charge >= 0.3 is 0 Å². The van der Waals surface area contributed by atoms with Crippen LogP contribution in [0.4, 0.5) is 0 Å². The van der Waals surface area contributed by atoms with Crippen LogP contribution in [0, 0.1) is 6.07 Å². The smallest absolute Gasteiger partial charge is 0.118 e. The van der Waals surface area contributed by atoms with Gasteiger partial charge in [-0.2, -0.15) is 0 Å². The lowest BCUT2D eigenvalue weighted by molar-refractivity contribution is 0.414. The molecule has 1 radical (unpaired) electrons. The molecule has 0 atom stereocenters. The van der Waals surface area contributed by atoms with Crippen molar-refractivity contribution in [2.24, 2.45) is 0 Å². The summed E-state index contributed by atoms with van der Waals surface area (Å²) in [4.78, 5) is 0. The van der Waals surface area contributed by atoms with E-state index in [4.69, 9.17) is 9.47 Å².